The standard InChI is InChI=1S/C14H20O4Si/c1-14(2,3)19(4,5)18-11-7-13-12(16-9-17-13)6-10(11)8-15/h6-8H,9H2,1-5H3. The second-order valence-electron chi connectivity index (χ2n) is 6.22. The third-order valence-corrected chi connectivity index (χ3v) is 8.15. The van der Waals surface area contributed by atoms with Gasteiger partial charge in [-0.3, -0.25) is 4.79 Å². The first kappa shape index (κ1) is 13.9. The number of ether oxygens (including phenoxy) is 2. The molecule has 1 aromatic carbocycles. The molecule has 2 rings (SSSR count). The lowest BCUT2D eigenvalue weighted by Gasteiger charge is -2.36. The van der Waals surface area contributed by atoms with Crippen molar-refractivity contribution < 1.29 is 18.7 Å². The first-order valence-corrected chi connectivity index (χ1v) is 9.23. The summed E-state index contributed by atoms with van der Waals surface area (Å²) in [5, 5.41) is 0.0729. The molecule has 0 bridgehead atoms. The van der Waals surface area contributed by atoms with Crippen molar-refractivity contribution in [2.45, 2.75) is 38.9 Å². The monoisotopic (exact) mass is 280 g/mol. The van der Waals surface area contributed by atoms with Gasteiger partial charge in [-0.1, -0.05) is 20.8 Å². The van der Waals surface area contributed by atoms with Crippen LogP contribution < -0.4 is 13.9 Å². The van der Waals surface area contributed by atoms with E-state index in [9.17, 15) is 4.79 Å². The Labute approximate surface area is 114 Å². The Morgan fingerprint density at radius 2 is 1.79 bits per heavy atom. The average Bonchev–Trinajstić information content (AvgIpc) is 2.72. The van der Waals surface area contributed by atoms with Crippen LogP contribution in [-0.2, 0) is 0 Å². The second-order valence-corrected chi connectivity index (χ2v) is 10.9. The summed E-state index contributed by atoms with van der Waals surface area (Å²) < 4.78 is 16.8. The maximum atomic E-state index is 11.2. The molecule has 5 heteroatoms. The number of hydrogen-bond acceptors (Lipinski definition) is 4. The van der Waals surface area contributed by atoms with Gasteiger partial charge in [0.15, 0.2) is 17.8 Å². The van der Waals surface area contributed by atoms with Gasteiger partial charge in [-0.15, -0.1) is 0 Å². The van der Waals surface area contributed by atoms with Gasteiger partial charge in [0.25, 0.3) is 8.32 Å². The molecule has 0 radical (unpaired) electrons. The zero-order chi connectivity index (χ0) is 14.3. The van der Waals surface area contributed by atoms with E-state index in [-0.39, 0.29) is 11.8 Å². The molecule has 0 saturated heterocycles. The lowest BCUT2D eigenvalue weighted by atomic mass is 10.2. The molecule has 19 heavy (non-hydrogen) atoms. The van der Waals surface area contributed by atoms with Crippen molar-refractivity contribution in [2.24, 2.45) is 0 Å². The SMILES string of the molecule is CC(C)(C)[Si](C)(C)Oc1cc2c(cc1C=O)OCO2. The van der Waals surface area contributed by atoms with Crippen LogP contribution in [-0.4, -0.2) is 21.4 Å². The summed E-state index contributed by atoms with van der Waals surface area (Å²) in [4.78, 5) is 11.2. The summed E-state index contributed by atoms with van der Waals surface area (Å²) >= 11 is 0. The highest BCUT2D eigenvalue weighted by atomic mass is 28.4. The minimum Gasteiger partial charge on any atom is -0.543 e. The van der Waals surface area contributed by atoms with Crippen LogP contribution in [0.5, 0.6) is 17.2 Å². The van der Waals surface area contributed by atoms with Crippen LogP contribution in [0.2, 0.25) is 18.1 Å². The quantitative estimate of drug-likeness (QED) is 0.626. The zero-order valence-corrected chi connectivity index (χ0v) is 13.1. The average molecular weight is 280 g/mol. The van der Waals surface area contributed by atoms with Crippen molar-refractivity contribution in [3.05, 3.63) is 17.7 Å². The smallest absolute Gasteiger partial charge is 0.250 e. The minimum absolute atomic E-state index is 0.0729. The van der Waals surface area contributed by atoms with Gasteiger partial charge in [-0.2, -0.15) is 0 Å². The number of carbonyl (C=O) groups excluding carboxylic acids is 1. The molecule has 0 aromatic heterocycles. The highest BCUT2D eigenvalue weighted by molar-refractivity contribution is 6.74. The van der Waals surface area contributed by atoms with E-state index in [0.29, 0.717) is 22.8 Å². The van der Waals surface area contributed by atoms with Crippen molar-refractivity contribution in [3.8, 4) is 17.2 Å². The van der Waals surface area contributed by atoms with Crippen LogP contribution in [0.1, 0.15) is 31.1 Å². The van der Waals surface area contributed by atoms with Crippen molar-refractivity contribution in [3.63, 3.8) is 0 Å². The highest BCUT2D eigenvalue weighted by Crippen LogP contribution is 2.42. The molecule has 0 amide bonds. The van der Waals surface area contributed by atoms with E-state index in [0.717, 1.165) is 6.29 Å². The molecular weight excluding hydrogens is 260 g/mol. The topological polar surface area (TPSA) is 44.8 Å². The molecular formula is C14H20O4Si. The van der Waals surface area contributed by atoms with Gasteiger partial charge in [0, 0.05) is 6.07 Å². The number of aldehydes is 1. The lowest BCUT2D eigenvalue weighted by molar-refractivity contribution is 0.112. The Balaban J connectivity index is 2.38. The first-order valence-electron chi connectivity index (χ1n) is 6.32. The summed E-state index contributed by atoms with van der Waals surface area (Å²) in [5.41, 5.74) is 0.508. The lowest BCUT2D eigenvalue weighted by Crippen LogP contribution is -2.44. The fourth-order valence-electron chi connectivity index (χ4n) is 1.55. The molecule has 4 nitrogen and oxygen atoms in total. The number of carbonyl (C=O) groups is 1. The molecule has 1 aromatic rings. The van der Waals surface area contributed by atoms with Crippen LogP contribution in [0, 0.1) is 0 Å². The third-order valence-electron chi connectivity index (χ3n) is 3.80. The van der Waals surface area contributed by atoms with Crippen LogP contribution in [0.25, 0.3) is 0 Å². The number of benzene rings is 1. The summed E-state index contributed by atoms with van der Waals surface area (Å²) in [6.45, 7) is 11.0. The van der Waals surface area contributed by atoms with E-state index in [4.69, 9.17) is 13.9 Å². The van der Waals surface area contributed by atoms with Gasteiger partial charge in [-0.25, -0.2) is 0 Å². The highest BCUT2D eigenvalue weighted by Gasteiger charge is 2.39. The van der Waals surface area contributed by atoms with Crippen LogP contribution in [0.4, 0.5) is 0 Å². The van der Waals surface area contributed by atoms with Gasteiger partial charge in [0.05, 0.1) is 5.56 Å². The predicted octanol–water partition coefficient (Wildman–Crippen LogP) is 3.61. The molecule has 1 aliphatic heterocycles. The maximum Gasteiger partial charge on any atom is 0.250 e. The van der Waals surface area contributed by atoms with Crippen molar-refractivity contribution >= 4 is 14.6 Å². The van der Waals surface area contributed by atoms with Gasteiger partial charge < -0.3 is 13.9 Å². The minimum atomic E-state index is -1.98. The molecule has 0 fully saturated rings. The normalized spacial score (nSPS) is 14.4. The summed E-state index contributed by atoms with van der Waals surface area (Å²) in [6.07, 6.45) is 0.796. The Bertz CT molecular complexity index is 503. The molecule has 1 heterocycles. The molecule has 0 aliphatic carbocycles. The zero-order valence-electron chi connectivity index (χ0n) is 12.1. The molecule has 0 atom stereocenters. The molecule has 104 valence electrons. The predicted molar refractivity (Wildman–Crippen MR) is 75.8 cm³/mol. The number of rotatable bonds is 3. The number of hydrogen-bond donors (Lipinski definition) is 0. The van der Waals surface area contributed by atoms with Crippen molar-refractivity contribution in [1.29, 1.82) is 0 Å². The number of fused-ring (bicyclic) bond motifs is 1. The molecule has 1 aliphatic rings. The fourth-order valence-corrected chi connectivity index (χ4v) is 2.58. The van der Waals surface area contributed by atoms with E-state index in [1.807, 2.05) is 0 Å². The van der Waals surface area contributed by atoms with Gasteiger partial charge in [0.2, 0.25) is 6.79 Å². The summed E-state index contributed by atoms with van der Waals surface area (Å²) in [6, 6.07) is 3.43. The Kier molecular flexibility index (Phi) is 3.34. The first-order chi connectivity index (χ1) is 8.74. The van der Waals surface area contributed by atoms with Crippen molar-refractivity contribution in [2.75, 3.05) is 6.79 Å². The van der Waals surface area contributed by atoms with Gasteiger partial charge >= 0.3 is 0 Å². The summed E-state index contributed by atoms with van der Waals surface area (Å²) in [5.74, 6) is 1.83. The van der Waals surface area contributed by atoms with E-state index in [2.05, 4.69) is 33.9 Å². The molecule has 0 N–H and O–H groups in total. The van der Waals surface area contributed by atoms with E-state index >= 15 is 0 Å². The second kappa shape index (κ2) is 4.56. The summed E-state index contributed by atoms with van der Waals surface area (Å²) in [7, 11) is -1.98. The molecule has 0 unspecified atom stereocenters. The van der Waals surface area contributed by atoms with Crippen LogP contribution in [0.15, 0.2) is 12.1 Å². The van der Waals surface area contributed by atoms with Crippen molar-refractivity contribution in [1.82, 2.24) is 0 Å². The fraction of sp³-hybridized carbons (Fsp3) is 0.500. The Morgan fingerprint density at radius 3 is 2.32 bits per heavy atom. The Hall–Kier alpha value is -1.49. The van der Waals surface area contributed by atoms with Crippen LogP contribution in [0.3, 0.4) is 0 Å². The van der Waals surface area contributed by atoms with E-state index < -0.39 is 8.32 Å². The van der Waals surface area contributed by atoms with Crippen LogP contribution >= 0.6 is 0 Å². The Morgan fingerprint density at radius 1 is 1.21 bits per heavy atom. The van der Waals surface area contributed by atoms with E-state index in [1.165, 1.54) is 0 Å². The van der Waals surface area contributed by atoms with E-state index in [1.54, 1.807) is 12.1 Å². The molecule has 0 saturated carbocycles. The maximum absolute atomic E-state index is 11.2. The van der Waals surface area contributed by atoms with Gasteiger partial charge in [-0.05, 0) is 24.2 Å². The molecule has 0 spiro atoms. The largest absolute Gasteiger partial charge is 0.543 e. The third kappa shape index (κ3) is 2.61. The van der Waals surface area contributed by atoms with Gasteiger partial charge in [0.1, 0.15) is 5.75 Å².